The molecule has 1 aromatic carbocycles. The molecule has 7 nitrogen and oxygen atoms in total. The average molecular weight is 353 g/mol. The van der Waals surface area contributed by atoms with Crippen molar-refractivity contribution in [3.05, 3.63) is 46.2 Å². The first-order valence-corrected chi connectivity index (χ1v) is 6.80. The second kappa shape index (κ2) is 6.40. The molecule has 0 fully saturated rings. The van der Waals surface area contributed by atoms with Gasteiger partial charge in [0.15, 0.2) is 0 Å². The second-order valence-electron chi connectivity index (χ2n) is 4.32. The van der Waals surface area contributed by atoms with Crippen LogP contribution >= 0.6 is 15.9 Å². The lowest BCUT2D eigenvalue weighted by Gasteiger charge is -2.10. The first kappa shape index (κ1) is 15.0. The van der Waals surface area contributed by atoms with Crippen molar-refractivity contribution in [1.29, 1.82) is 0 Å². The molecule has 110 valence electrons. The van der Waals surface area contributed by atoms with Gasteiger partial charge in [0.1, 0.15) is 0 Å². The number of nitrogens with zero attached hydrogens (tertiary/aromatic N) is 2. The largest absolute Gasteiger partial charge is 0.478 e. The van der Waals surface area contributed by atoms with Crippen LogP contribution in [0.3, 0.4) is 0 Å². The number of nitrogens with one attached hydrogen (secondary N) is 2. The van der Waals surface area contributed by atoms with Gasteiger partial charge in [-0.25, -0.2) is 9.59 Å². The van der Waals surface area contributed by atoms with E-state index in [9.17, 15) is 9.59 Å². The van der Waals surface area contributed by atoms with Gasteiger partial charge >= 0.3 is 12.0 Å². The summed E-state index contributed by atoms with van der Waals surface area (Å²) in [6.07, 6.45) is 3.42. The van der Waals surface area contributed by atoms with E-state index in [2.05, 4.69) is 31.7 Å². The first-order valence-electron chi connectivity index (χ1n) is 6.01. The van der Waals surface area contributed by atoms with Crippen molar-refractivity contribution in [2.24, 2.45) is 7.05 Å². The lowest BCUT2D eigenvalue weighted by atomic mass is 10.2. The summed E-state index contributed by atoms with van der Waals surface area (Å²) in [6, 6.07) is 4.07. The van der Waals surface area contributed by atoms with E-state index in [1.165, 1.54) is 12.1 Å². The molecular formula is C13H13BrN4O3. The van der Waals surface area contributed by atoms with Gasteiger partial charge in [-0.2, -0.15) is 5.10 Å². The molecular weight excluding hydrogens is 340 g/mol. The molecule has 0 atom stereocenters. The summed E-state index contributed by atoms with van der Waals surface area (Å²) >= 11 is 3.24. The summed E-state index contributed by atoms with van der Waals surface area (Å²) in [4.78, 5) is 22.9. The average Bonchev–Trinajstić information content (AvgIpc) is 2.82. The zero-order chi connectivity index (χ0) is 15.4. The highest BCUT2D eigenvalue weighted by Crippen LogP contribution is 2.21. The van der Waals surface area contributed by atoms with E-state index in [1.54, 1.807) is 30.2 Å². The van der Waals surface area contributed by atoms with Gasteiger partial charge in [0.05, 0.1) is 17.4 Å². The lowest BCUT2D eigenvalue weighted by molar-refractivity contribution is 0.0698. The van der Waals surface area contributed by atoms with Crippen molar-refractivity contribution in [2.75, 3.05) is 5.32 Å². The Bertz CT molecular complexity index is 684. The van der Waals surface area contributed by atoms with E-state index in [0.29, 0.717) is 11.0 Å². The zero-order valence-corrected chi connectivity index (χ0v) is 12.7. The van der Waals surface area contributed by atoms with Gasteiger partial charge in [0.2, 0.25) is 0 Å². The van der Waals surface area contributed by atoms with E-state index < -0.39 is 12.0 Å². The van der Waals surface area contributed by atoms with Crippen LogP contribution in [-0.2, 0) is 13.6 Å². The number of benzene rings is 1. The number of aromatic nitrogens is 2. The summed E-state index contributed by atoms with van der Waals surface area (Å²) in [5.41, 5.74) is 1.09. The number of carboxylic acids is 1. The number of hydrogen-bond acceptors (Lipinski definition) is 3. The monoisotopic (exact) mass is 352 g/mol. The molecule has 0 aliphatic heterocycles. The number of halogens is 1. The predicted octanol–water partition coefficient (Wildman–Crippen LogP) is 2.20. The fourth-order valence-corrected chi connectivity index (χ4v) is 2.08. The fraction of sp³-hybridized carbons (Fsp3) is 0.154. The number of aromatic carboxylic acids is 1. The highest BCUT2D eigenvalue weighted by Gasteiger charge is 2.12. The third-order valence-electron chi connectivity index (χ3n) is 2.67. The van der Waals surface area contributed by atoms with E-state index in [1.807, 2.05) is 0 Å². The molecule has 0 saturated heterocycles. The number of urea groups is 1. The van der Waals surface area contributed by atoms with Crippen LogP contribution in [0.2, 0.25) is 0 Å². The van der Waals surface area contributed by atoms with Crippen molar-refractivity contribution in [1.82, 2.24) is 15.1 Å². The highest BCUT2D eigenvalue weighted by atomic mass is 79.9. The number of carboxylic acid groups (broad SMARTS) is 1. The van der Waals surface area contributed by atoms with Crippen LogP contribution < -0.4 is 10.6 Å². The topological polar surface area (TPSA) is 96.2 Å². The van der Waals surface area contributed by atoms with Gasteiger partial charge in [-0.1, -0.05) is 15.9 Å². The van der Waals surface area contributed by atoms with Gasteiger partial charge in [-0.05, 0) is 18.2 Å². The summed E-state index contributed by atoms with van der Waals surface area (Å²) in [5.74, 6) is -1.11. The van der Waals surface area contributed by atoms with Crippen LogP contribution in [0.4, 0.5) is 10.5 Å². The lowest BCUT2D eigenvalue weighted by Crippen LogP contribution is -2.28. The summed E-state index contributed by atoms with van der Waals surface area (Å²) in [5, 5.41) is 18.2. The minimum absolute atomic E-state index is 0.0229. The van der Waals surface area contributed by atoms with E-state index >= 15 is 0 Å². The first-order chi connectivity index (χ1) is 9.95. The smallest absolute Gasteiger partial charge is 0.337 e. The number of anilines is 1. The normalized spacial score (nSPS) is 10.2. The van der Waals surface area contributed by atoms with Crippen LogP contribution in [0, 0.1) is 0 Å². The highest BCUT2D eigenvalue weighted by molar-refractivity contribution is 9.10. The minimum atomic E-state index is -1.11. The molecule has 0 bridgehead atoms. The maximum Gasteiger partial charge on any atom is 0.337 e. The molecule has 2 amide bonds. The fourth-order valence-electron chi connectivity index (χ4n) is 1.72. The van der Waals surface area contributed by atoms with Gasteiger partial charge in [0.25, 0.3) is 0 Å². The summed E-state index contributed by atoms with van der Waals surface area (Å²) < 4.78 is 2.31. The molecule has 1 heterocycles. The van der Waals surface area contributed by atoms with Crippen LogP contribution in [0.5, 0.6) is 0 Å². The van der Waals surface area contributed by atoms with Crippen LogP contribution in [0.15, 0.2) is 35.1 Å². The Morgan fingerprint density at radius 3 is 2.81 bits per heavy atom. The molecule has 2 aromatic rings. The van der Waals surface area contributed by atoms with Crippen LogP contribution in [0.25, 0.3) is 0 Å². The Labute approximate surface area is 129 Å². The molecule has 3 N–H and O–H groups in total. The quantitative estimate of drug-likeness (QED) is 0.785. The molecule has 0 spiro atoms. The molecule has 21 heavy (non-hydrogen) atoms. The minimum Gasteiger partial charge on any atom is -0.478 e. The molecule has 0 unspecified atom stereocenters. The number of amides is 2. The number of aryl methyl sites for hydroxylation is 1. The molecule has 1 aromatic heterocycles. The number of hydrogen-bond donors (Lipinski definition) is 3. The molecule has 0 radical (unpaired) electrons. The maximum absolute atomic E-state index is 11.8. The zero-order valence-electron chi connectivity index (χ0n) is 11.1. The number of carbonyl (C=O) groups is 2. The van der Waals surface area contributed by atoms with E-state index in [-0.39, 0.29) is 11.3 Å². The van der Waals surface area contributed by atoms with E-state index in [4.69, 9.17) is 5.11 Å². The standard InChI is InChI=1S/C13H13BrN4O3/c1-18-7-8(6-16-18)5-15-13(21)17-11-4-9(14)2-3-10(11)12(19)20/h2-4,6-7H,5H2,1H3,(H,19,20)(H2,15,17,21). The molecule has 0 aliphatic carbocycles. The number of carbonyl (C=O) groups excluding carboxylic acids is 1. The Hall–Kier alpha value is -2.35. The third kappa shape index (κ3) is 4.06. The van der Waals surface area contributed by atoms with Gasteiger partial charge in [-0.15, -0.1) is 0 Å². The van der Waals surface area contributed by atoms with Gasteiger partial charge < -0.3 is 15.7 Å². The molecule has 2 rings (SSSR count). The molecule has 8 heteroatoms. The van der Waals surface area contributed by atoms with Gasteiger partial charge in [-0.3, -0.25) is 4.68 Å². The third-order valence-corrected chi connectivity index (χ3v) is 3.16. The van der Waals surface area contributed by atoms with Crippen molar-refractivity contribution in [3.63, 3.8) is 0 Å². The number of rotatable bonds is 4. The Morgan fingerprint density at radius 1 is 1.43 bits per heavy atom. The predicted molar refractivity (Wildman–Crippen MR) is 80.2 cm³/mol. The maximum atomic E-state index is 11.8. The summed E-state index contributed by atoms with van der Waals surface area (Å²) in [7, 11) is 1.78. The van der Waals surface area contributed by atoms with Crippen molar-refractivity contribution in [3.8, 4) is 0 Å². The molecule has 0 aliphatic rings. The summed E-state index contributed by atoms with van der Waals surface area (Å²) in [6.45, 7) is 0.302. The molecule has 0 saturated carbocycles. The Kier molecular flexibility index (Phi) is 4.59. The van der Waals surface area contributed by atoms with Crippen molar-refractivity contribution >= 4 is 33.6 Å². The van der Waals surface area contributed by atoms with Crippen molar-refractivity contribution in [2.45, 2.75) is 6.54 Å². The Morgan fingerprint density at radius 2 is 2.19 bits per heavy atom. The van der Waals surface area contributed by atoms with Crippen molar-refractivity contribution < 1.29 is 14.7 Å². The van der Waals surface area contributed by atoms with Gasteiger partial charge in [0, 0.05) is 29.8 Å². The SMILES string of the molecule is Cn1cc(CNC(=O)Nc2cc(Br)ccc2C(=O)O)cn1. The Balaban J connectivity index is 2.02. The van der Waals surface area contributed by atoms with Crippen LogP contribution in [0.1, 0.15) is 15.9 Å². The van der Waals surface area contributed by atoms with E-state index in [0.717, 1.165) is 5.56 Å². The van der Waals surface area contributed by atoms with Crippen LogP contribution in [-0.4, -0.2) is 26.9 Å². The second-order valence-corrected chi connectivity index (χ2v) is 5.24.